The van der Waals surface area contributed by atoms with E-state index in [1.54, 1.807) is 26.2 Å². The summed E-state index contributed by atoms with van der Waals surface area (Å²) in [5, 5.41) is 0. The largest absolute Gasteiger partial charge is 0.497 e. The molecule has 2 amide bonds. The molecule has 0 aliphatic heterocycles. The lowest BCUT2D eigenvalue weighted by atomic mass is 9.94. The molecular weight excluding hydrogens is 444 g/mol. The van der Waals surface area contributed by atoms with Crippen LogP contribution >= 0.6 is 0 Å². The predicted octanol–water partition coefficient (Wildman–Crippen LogP) is 3.77. The number of nitrogens with zero attached hydrogens (tertiary/aromatic N) is 1. The number of primary amides is 1. The summed E-state index contributed by atoms with van der Waals surface area (Å²) in [6.45, 7) is 1.85. The summed E-state index contributed by atoms with van der Waals surface area (Å²) in [5.41, 5.74) is 12.5. The van der Waals surface area contributed by atoms with E-state index in [1.165, 1.54) is 0 Å². The van der Waals surface area contributed by atoms with Crippen molar-refractivity contribution in [1.82, 2.24) is 4.90 Å². The lowest BCUT2D eigenvalue weighted by Crippen LogP contribution is -2.36. The first-order valence-corrected chi connectivity index (χ1v) is 11.5. The number of hydrogen-bond acceptors (Lipinski definition) is 5. The number of rotatable bonds is 10. The Morgan fingerprint density at radius 2 is 1.63 bits per heavy atom. The maximum atomic E-state index is 13.2. The first-order chi connectivity index (χ1) is 17.0. The molecule has 1 aliphatic rings. The molecular formula is C28H30N2O5. The first kappa shape index (κ1) is 24.4. The van der Waals surface area contributed by atoms with Crippen molar-refractivity contribution < 1.29 is 23.8 Å². The van der Waals surface area contributed by atoms with Crippen LogP contribution in [0.5, 0.6) is 5.75 Å². The van der Waals surface area contributed by atoms with Gasteiger partial charge in [-0.2, -0.15) is 0 Å². The summed E-state index contributed by atoms with van der Waals surface area (Å²) in [6, 6.07) is 17.3. The molecule has 0 saturated carbocycles. The fraction of sp³-hybridized carbons (Fsp3) is 0.286. The molecule has 0 saturated heterocycles. The topological polar surface area (TPSA) is 91.1 Å². The molecule has 4 rings (SSSR count). The fourth-order valence-corrected chi connectivity index (χ4v) is 4.52. The first-order valence-electron chi connectivity index (χ1n) is 11.5. The smallest absolute Gasteiger partial charge is 0.254 e. The van der Waals surface area contributed by atoms with E-state index in [1.807, 2.05) is 48.5 Å². The van der Waals surface area contributed by atoms with Crippen molar-refractivity contribution in [2.45, 2.75) is 6.42 Å². The zero-order valence-corrected chi connectivity index (χ0v) is 20.3. The van der Waals surface area contributed by atoms with E-state index < -0.39 is 5.91 Å². The number of hydrogen-bond donors (Lipinski definition) is 1. The van der Waals surface area contributed by atoms with Crippen molar-refractivity contribution in [3.05, 3.63) is 76.9 Å². The van der Waals surface area contributed by atoms with Crippen molar-refractivity contribution in [3.8, 4) is 28.0 Å². The Kier molecular flexibility index (Phi) is 7.48. The molecule has 0 aromatic heterocycles. The van der Waals surface area contributed by atoms with Crippen molar-refractivity contribution in [2.75, 3.05) is 47.6 Å². The molecule has 0 atom stereocenters. The van der Waals surface area contributed by atoms with E-state index in [0.717, 1.165) is 39.1 Å². The second kappa shape index (κ2) is 10.7. The van der Waals surface area contributed by atoms with Crippen LogP contribution < -0.4 is 10.5 Å². The molecule has 0 heterocycles. The van der Waals surface area contributed by atoms with Gasteiger partial charge in [0.05, 0.1) is 20.3 Å². The summed E-state index contributed by atoms with van der Waals surface area (Å²) in [5.74, 6) is 0.184. The Bertz CT molecular complexity index is 1250. The van der Waals surface area contributed by atoms with Gasteiger partial charge in [0, 0.05) is 38.4 Å². The lowest BCUT2D eigenvalue weighted by Gasteiger charge is -2.22. The van der Waals surface area contributed by atoms with Crippen molar-refractivity contribution in [3.63, 3.8) is 0 Å². The second-order valence-electron chi connectivity index (χ2n) is 8.47. The van der Waals surface area contributed by atoms with Crippen molar-refractivity contribution in [2.24, 2.45) is 5.73 Å². The molecule has 7 nitrogen and oxygen atoms in total. The quantitative estimate of drug-likeness (QED) is 0.378. The number of carbonyl (C=O) groups excluding carboxylic acids is 2. The van der Waals surface area contributed by atoms with Crippen LogP contribution in [0.1, 0.15) is 31.8 Å². The summed E-state index contributed by atoms with van der Waals surface area (Å²) in [6.07, 6.45) is 0.540. The Balaban J connectivity index is 1.72. The normalized spacial score (nSPS) is 11.6. The van der Waals surface area contributed by atoms with Gasteiger partial charge in [0.25, 0.3) is 5.91 Å². The molecule has 3 aromatic carbocycles. The van der Waals surface area contributed by atoms with Crippen LogP contribution in [0.4, 0.5) is 0 Å². The third-order valence-corrected chi connectivity index (χ3v) is 6.35. The minimum Gasteiger partial charge on any atom is -0.497 e. The molecule has 35 heavy (non-hydrogen) atoms. The van der Waals surface area contributed by atoms with Crippen LogP contribution in [0.3, 0.4) is 0 Å². The predicted molar refractivity (Wildman–Crippen MR) is 135 cm³/mol. The Hall–Kier alpha value is -3.68. The van der Waals surface area contributed by atoms with Crippen molar-refractivity contribution in [1.29, 1.82) is 0 Å². The van der Waals surface area contributed by atoms with Gasteiger partial charge in [-0.15, -0.1) is 0 Å². The number of fused-ring (bicyclic) bond motifs is 3. The van der Waals surface area contributed by atoms with Crippen LogP contribution in [0, 0.1) is 0 Å². The van der Waals surface area contributed by atoms with Gasteiger partial charge in [-0.25, -0.2) is 0 Å². The van der Waals surface area contributed by atoms with Gasteiger partial charge >= 0.3 is 0 Å². The lowest BCUT2D eigenvalue weighted by molar-refractivity contribution is 0.0627. The molecule has 0 unspecified atom stereocenters. The van der Waals surface area contributed by atoms with E-state index in [2.05, 4.69) is 6.07 Å². The van der Waals surface area contributed by atoms with Crippen LogP contribution in [0.2, 0.25) is 0 Å². The number of amides is 2. The average Bonchev–Trinajstić information content (AvgIpc) is 3.25. The fourth-order valence-electron chi connectivity index (χ4n) is 4.52. The van der Waals surface area contributed by atoms with E-state index >= 15 is 0 Å². The van der Waals surface area contributed by atoms with Crippen LogP contribution in [0.15, 0.2) is 54.6 Å². The number of benzene rings is 3. The third-order valence-electron chi connectivity index (χ3n) is 6.35. The van der Waals surface area contributed by atoms with Crippen LogP contribution in [0.25, 0.3) is 22.3 Å². The molecule has 182 valence electrons. The Morgan fingerprint density at radius 3 is 2.29 bits per heavy atom. The zero-order valence-electron chi connectivity index (χ0n) is 20.3. The number of methoxy groups -OCH3 is 3. The highest BCUT2D eigenvalue weighted by Gasteiger charge is 2.26. The van der Waals surface area contributed by atoms with Gasteiger partial charge in [-0.1, -0.05) is 18.2 Å². The summed E-state index contributed by atoms with van der Waals surface area (Å²) in [4.78, 5) is 27.4. The molecule has 7 heteroatoms. The standard InChI is InChI=1S/C28H30N2O5/c1-33-11-9-30(10-12-34-2)28(32)19-7-8-23-21(13-19)17-25-24(23)15-20(16-26(25)27(29)31)18-5-4-6-22(14-18)35-3/h4-8,13-16H,9-12,17H2,1-3H3,(H2,29,31). The second-order valence-corrected chi connectivity index (χ2v) is 8.47. The highest BCUT2D eigenvalue weighted by Crippen LogP contribution is 2.41. The van der Waals surface area contributed by atoms with E-state index in [0.29, 0.717) is 43.9 Å². The minimum atomic E-state index is -0.472. The van der Waals surface area contributed by atoms with Gasteiger partial charge in [-0.05, 0) is 76.2 Å². The van der Waals surface area contributed by atoms with Gasteiger partial charge in [0.15, 0.2) is 0 Å². The van der Waals surface area contributed by atoms with Crippen LogP contribution in [-0.2, 0) is 15.9 Å². The van der Waals surface area contributed by atoms with E-state index in [4.69, 9.17) is 19.9 Å². The molecule has 0 bridgehead atoms. The van der Waals surface area contributed by atoms with Crippen molar-refractivity contribution >= 4 is 11.8 Å². The highest BCUT2D eigenvalue weighted by molar-refractivity contribution is 6.01. The maximum absolute atomic E-state index is 13.2. The van der Waals surface area contributed by atoms with Gasteiger partial charge in [-0.3, -0.25) is 9.59 Å². The molecule has 2 N–H and O–H groups in total. The molecule has 3 aromatic rings. The molecule has 0 radical (unpaired) electrons. The highest BCUT2D eigenvalue weighted by atomic mass is 16.5. The van der Waals surface area contributed by atoms with Crippen LogP contribution in [-0.4, -0.2) is 64.3 Å². The number of ether oxygens (including phenoxy) is 3. The molecule has 0 fully saturated rings. The summed E-state index contributed by atoms with van der Waals surface area (Å²) in [7, 11) is 4.85. The van der Waals surface area contributed by atoms with Gasteiger partial charge in [0.2, 0.25) is 5.91 Å². The van der Waals surface area contributed by atoms with E-state index in [9.17, 15) is 9.59 Å². The van der Waals surface area contributed by atoms with E-state index in [-0.39, 0.29) is 5.91 Å². The Morgan fingerprint density at radius 1 is 0.886 bits per heavy atom. The number of nitrogens with two attached hydrogens (primary N) is 1. The van der Waals surface area contributed by atoms with Gasteiger partial charge < -0.3 is 24.8 Å². The Labute approximate surface area is 205 Å². The molecule has 0 spiro atoms. The third kappa shape index (κ3) is 5.06. The average molecular weight is 475 g/mol. The maximum Gasteiger partial charge on any atom is 0.254 e. The SMILES string of the molecule is COCCN(CCOC)C(=O)c1ccc2c(c1)Cc1c(C(N)=O)cc(-c3cccc(OC)c3)cc1-2. The number of carbonyl (C=O) groups is 2. The molecule has 1 aliphatic carbocycles. The summed E-state index contributed by atoms with van der Waals surface area (Å²) < 4.78 is 15.7. The monoisotopic (exact) mass is 474 g/mol. The van der Waals surface area contributed by atoms with Gasteiger partial charge in [0.1, 0.15) is 5.75 Å². The summed E-state index contributed by atoms with van der Waals surface area (Å²) >= 11 is 0. The minimum absolute atomic E-state index is 0.0787. The zero-order chi connectivity index (χ0) is 24.9.